The maximum Gasteiger partial charge on any atom is 0.341 e. The average molecular weight is 439 g/mol. The number of ether oxygens (including phenoxy) is 2. The van der Waals surface area contributed by atoms with Crippen LogP contribution in [0.2, 0.25) is 0 Å². The first-order chi connectivity index (χ1) is 15.2. The van der Waals surface area contributed by atoms with Gasteiger partial charge < -0.3 is 9.47 Å². The van der Waals surface area contributed by atoms with E-state index in [1.807, 2.05) is 41.3 Å². The zero-order chi connectivity index (χ0) is 21.4. The molecule has 2 aromatic heterocycles. The molecule has 0 spiro atoms. The van der Waals surface area contributed by atoms with Crippen LogP contribution in [0.15, 0.2) is 35.8 Å². The monoisotopic (exact) mass is 438 g/mol. The summed E-state index contributed by atoms with van der Waals surface area (Å²) in [4.78, 5) is 19.9. The van der Waals surface area contributed by atoms with E-state index >= 15 is 0 Å². The quantitative estimate of drug-likeness (QED) is 0.516. The van der Waals surface area contributed by atoms with E-state index in [0.717, 1.165) is 40.3 Å². The fourth-order valence-electron chi connectivity index (χ4n) is 4.74. The summed E-state index contributed by atoms with van der Waals surface area (Å²) in [5, 5.41) is 7.31. The molecule has 1 aromatic carbocycles. The number of rotatable bonds is 7. The van der Waals surface area contributed by atoms with Gasteiger partial charge in [0, 0.05) is 30.1 Å². The Hall–Kier alpha value is -2.71. The SMILES string of the molecule is CCOC(=O)c1cnn(-c2nc(-c3ccc(OC)cc3)cs2)c1CN1CC2CCC1C2. The highest BCUT2D eigenvalue weighted by molar-refractivity contribution is 7.12. The van der Waals surface area contributed by atoms with Gasteiger partial charge in [-0.15, -0.1) is 11.3 Å². The topological polar surface area (TPSA) is 69.5 Å². The number of aromatic nitrogens is 3. The Morgan fingerprint density at radius 3 is 2.77 bits per heavy atom. The predicted molar refractivity (Wildman–Crippen MR) is 119 cm³/mol. The summed E-state index contributed by atoms with van der Waals surface area (Å²) in [6.07, 6.45) is 5.45. The molecule has 7 nitrogen and oxygen atoms in total. The largest absolute Gasteiger partial charge is 0.497 e. The standard InChI is InChI=1S/C23H26N4O3S/c1-3-30-22(28)19-11-24-27(21(19)13-26-12-15-4-7-17(26)10-15)23-25-20(14-31-23)16-5-8-18(29-2)9-6-16/h5-6,8-9,11,14-15,17H,3-4,7,10,12-13H2,1-2H3. The van der Waals surface area contributed by atoms with Gasteiger partial charge in [0.2, 0.25) is 5.13 Å². The first kappa shape index (κ1) is 20.2. The lowest BCUT2D eigenvalue weighted by atomic mass is 10.1. The number of piperidine rings is 1. The molecule has 31 heavy (non-hydrogen) atoms. The van der Waals surface area contributed by atoms with Crippen LogP contribution in [0.4, 0.5) is 0 Å². The lowest BCUT2D eigenvalue weighted by Crippen LogP contribution is -2.33. The van der Waals surface area contributed by atoms with Crippen molar-refractivity contribution in [3.8, 4) is 22.1 Å². The average Bonchev–Trinajstić information content (AvgIpc) is 3.58. The van der Waals surface area contributed by atoms with Crippen molar-refractivity contribution in [3.05, 3.63) is 47.1 Å². The molecule has 1 saturated heterocycles. The molecule has 1 aliphatic carbocycles. The third kappa shape index (κ3) is 3.85. The maximum absolute atomic E-state index is 12.6. The number of likely N-dealkylation sites (tertiary alicyclic amines) is 1. The fourth-order valence-corrected chi connectivity index (χ4v) is 5.55. The summed E-state index contributed by atoms with van der Waals surface area (Å²) < 4.78 is 12.4. The van der Waals surface area contributed by atoms with Crippen molar-refractivity contribution in [2.45, 2.75) is 38.8 Å². The minimum atomic E-state index is -0.319. The molecule has 2 atom stereocenters. The van der Waals surface area contributed by atoms with Crippen LogP contribution in [-0.2, 0) is 11.3 Å². The molecule has 8 heteroatoms. The number of carbonyl (C=O) groups is 1. The first-order valence-electron chi connectivity index (χ1n) is 10.7. The van der Waals surface area contributed by atoms with Crippen LogP contribution in [0.3, 0.4) is 0 Å². The Morgan fingerprint density at radius 1 is 1.26 bits per heavy atom. The van der Waals surface area contributed by atoms with E-state index in [9.17, 15) is 4.79 Å². The Morgan fingerprint density at radius 2 is 2.10 bits per heavy atom. The Bertz CT molecular complexity index is 1070. The summed E-state index contributed by atoms with van der Waals surface area (Å²) in [5.74, 6) is 1.28. The van der Waals surface area contributed by atoms with Crippen LogP contribution in [0.1, 0.15) is 42.2 Å². The highest BCUT2D eigenvalue weighted by Crippen LogP contribution is 2.38. The Balaban J connectivity index is 1.47. The van der Waals surface area contributed by atoms with Crippen molar-refractivity contribution < 1.29 is 14.3 Å². The molecule has 3 aromatic rings. The second kappa shape index (κ2) is 8.43. The summed E-state index contributed by atoms with van der Waals surface area (Å²) in [6.45, 7) is 3.94. The highest BCUT2D eigenvalue weighted by Gasteiger charge is 2.38. The van der Waals surface area contributed by atoms with Crippen LogP contribution in [0.5, 0.6) is 5.75 Å². The van der Waals surface area contributed by atoms with Crippen LogP contribution in [0, 0.1) is 5.92 Å². The van der Waals surface area contributed by atoms with Gasteiger partial charge >= 0.3 is 5.97 Å². The van der Waals surface area contributed by atoms with E-state index in [1.54, 1.807) is 13.3 Å². The number of hydrogen-bond acceptors (Lipinski definition) is 7. The molecule has 5 rings (SSSR count). The summed E-state index contributed by atoms with van der Waals surface area (Å²) >= 11 is 1.52. The molecule has 162 valence electrons. The zero-order valence-corrected chi connectivity index (χ0v) is 18.6. The van der Waals surface area contributed by atoms with Crippen molar-refractivity contribution >= 4 is 17.3 Å². The van der Waals surface area contributed by atoms with Crippen molar-refractivity contribution in [3.63, 3.8) is 0 Å². The molecule has 0 radical (unpaired) electrons. The van der Waals surface area contributed by atoms with Gasteiger partial charge in [-0.1, -0.05) is 0 Å². The minimum absolute atomic E-state index is 0.319. The van der Waals surface area contributed by atoms with Gasteiger partial charge in [-0.25, -0.2) is 14.5 Å². The molecule has 2 fully saturated rings. The van der Waals surface area contributed by atoms with Crippen LogP contribution in [-0.4, -0.2) is 51.9 Å². The number of nitrogens with zero attached hydrogens (tertiary/aromatic N) is 4. The van der Waals surface area contributed by atoms with E-state index in [2.05, 4.69) is 10.00 Å². The normalized spacial score (nSPS) is 20.3. The zero-order valence-electron chi connectivity index (χ0n) is 17.8. The van der Waals surface area contributed by atoms with Gasteiger partial charge in [-0.05, 0) is 56.4 Å². The molecular formula is C23H26N4O3S. The predicted octanol–water partition coefficient (Wildman–Crippen LogP) is 4.17. The lowest BCUT2D eigenvalue weighted by molar-refractivity contribution is 0.0523. The van der Waals surface area contributed by atoms with E-state index in [-0.39, 0.29) is 5.97 Å². The Kier molecular flexibility index (Phi) is 5.50. The fraction of sp³-hybridized carbons (Fsp3) is 0.435. The van der Waals surface area contributed by atoms with E-state index in [4.69, 9.17) is 14.5 Å². The minimum Gasteiger partial charge on any atom is -0.497 e. The third-order valence-corrected chi connectivity index (χ3v) is 7.11. The smallest absolute Gasteiger partial charge is 0.341 e. The van der Waals surface area contributed by atoms with E-state index in [1.165, 1.54) is 30.6 Å². The van der Waals surface area contributed by atoms with Crippen LogP contribution >= 0.6 is 11.3 Å². The molecule has 1 saturated carbocycles. The number of carbonyl (C=O) groups excluding carboxylic acids is 1. The number of hydrogen-bond donors (Lipinski definition) is 0. The molecule has 2 unspecified atom stereocenters. The second-order valence-corrected chi connectivity index (χ2v) is 8.98. The summed E-state index contributed by atoms with van der Waals surface area (Å²) in [5.41, 5.74) is 3.29. The van der Waals surface area contributed by atoms with Gasteiger partial charge in [0.05, 0.1) is 31.3 Å². The molecule has 3 heterocycles. The number of thiazole rings is 1. The van der Waals surface area contributed by atoms with E-state index in [0.29, 0.717) is 24.8 Å². The Labute approximate surface area is 185 Å². The van der Waals surface area contributed by atoms with Crippen LogP contribution < -0.4 is 4.74 Å². The number of methoxy groups -OCH3 is 1. The van der Waals surface area contributed by atoms with Gasteiger partial charge in [-0.3, -0.25) is 4.90 Å². The lowest BCUT2D eigenvalue weighted by Gasteiger charge is -2.27. The van der Waals surface area contributed by atoms with Gasteiger partial charge in [-0.2, -0.15) is 5.10 Å². The molecule has 0 amide bonds. The summed E-state index contributed by atoms with van der Waals surface area (Å²) in [6, 6.07) is 8.44. The van der Waals surface area contributed by atoms with Crippen molar-refractivity contribution in [2.24, 2.45) is 5.92 Å². The highest BCUT2D eigenvalue weighted by atomic mass is 32.1. The molecule has 2 bridgehead atoms. The van der Waals surface area contributed by atoms with Crippen LogP contribution in [0.25, 0.3) is 16.4 Å². The van der Waals surface area contributed by atoms with E-state index < -0.39 is 0 Å². The molecule has 0 N–H and O–H groups in total. The maximum atomic E-state index is 12.6. The molecule has 2 aliphatic rings. The van der Waals surface area contributed by atoms with Gasteiger partial charge in [0.25, 0.3) is 0 Å². The van der Waals surface area contributed by atoms with Crippen molar-refractivity contribution in [1.82, 2.24) is 19.7 Å². The second-order valence-electron chi connectivity index (χ2n) is 8.14. The third-order valence-electron chi connectivity index (χ3n) is 6.30. The molecular weight excluding hydrogens is 412 g/mol. The number of esters is 1. The van der Waals surface area contributed by atoms with Crippen molar-refractivity contribution in [2.75, 3.05) is 20.3 Å². The first-order valence-corrected chi connectivity index (χ1v) is 11.6. The van der Waals surface area contributed by atoms with Crippen molar-refractivity contribution in [1.29, 1.82) is 0 Å². The number of benzene rings is 1. The number of fused-ring (bicyclic) bond motifs is 2. The molecule has 1 aliphatic heterocycles. The summed E-state index contributed by atoms with van der Waals surface area (Å²) in [7, 11) is 1.66. The van der Waals surface area contributed by atoms with Gasteiger partial charge in [0.15, 0.2) is 0 Å². The van der Waals surface area contributed by atoms with Gasteiger partial charge in [0.1, 0.15) is 11.3 Å².